The third-order valence-electron chi connectivity index (χ3n) is 4.28. The van der Waals surface area contributed by atoms with Crippen molar-refractivity contribution < 1.29 is 4.79 Å². The molecule has 2 rings (SSSR count). The summed E-state index contributed by atoms with van der Waals surface area (Å²) in [5.74, 6) is 1.03. The fourth-order valence-corrected chi connectivity index (χ4v) is 2.81. The molecule has 1 aromatic rings. The van der Waals surface area contributed by atoms with Crippen molar-refractivity contribution in [2.45, 2.75) is 65.0 Å². The van der Waals surface area contributed by atoms with Gasteiger partial charge in [0.2, 0.25) is 0 Å². The van der Waals surface area contributed by atoms with E-state index in [9.17, 15) is 4.79 Å². The quantitative estimate of drug-likeness (QED) is 0.799. The molecule has 0 saturated carbocycles. The molecule has 1 fully saturated rings. The van der Waals surface area contributed by atoms with Gasteiger partial charge in [0.1, 0.15) is 12.2 Å². The highest BCUT2D eigenvalue weighted by atomic mass is 16.1. The van der Waals surface area contributed by atoms with Crippen molar-refractivity contribution in [3.63, 3.8) is 0 Å². The topological polar surface area (TPSA) is 51.0 Å². The SMILES string of the molecule is CCCn1ncnc1CC(=O)C(C)(C)N1CCCCC1. The van der Waals surface area contributed by atoms with E-state index in [4.69, 9.17) is 0 Å². The standard InChI is InChI=1S/C15H26N4O/c1-4-8-19-14(16-12-17-19)11-13(20)15(2,3)18-9-6-5-7-10-18/h12H,4-11H2,1-3H3. The molecule has 1 saturated heterocycles. The van der Waals surface area contributed by atoms with Crippen LogP contribution < -0.4 is 0 Å². The Morgan fingerprint density at radius 2 is 2.00 bits per heavy atom. The molecule has 0 radical (unpaired) electrons. The molecule has 5 heteroatoms. The van der Waals surface area contributed by atoms with E-state index in [2.05, 4.69) is 21.9 Å². The van der Waals surface area contributed by atoms with Crippen LogP contribution in [-0.2, 0) is 17.8 Å². The number of piperidine rings is 1. The molecule has 5 nitrogen and oxygen atoms in total. The highest BCUT2D eigenvalue weighted by Gasteiger charge is 2.35. The molecule has 1 aliphatic heterocycles. The second-order valence-corrected chi connectivity index (χ2v) is 6.11. The van der Waals surface area contributed by atoms with Crippen LogP contribution in [0.5, 0.6) is 0 Å². The number of nitrogens with zero attached hydrogens (tertiary/aromatic N) is 4. The molecule has 1 aromatic heterocycles. The maximum absolute atomic E-state index is 12.7. The summed E-state index contributed by atoms with van der Waals surface area (Å²) < 4.78 is 1.85. The number of likely N-dealkylation sites (tertiary alicyclic amines) is 1. The molecule has 0 aromatic carbocycles. The van der Waals surface area contributed by atoms with Crippen molar-refractivity contribution >= 4 is 5.78 Å². The monoisotopic (exact) mass is 278 g/mol. The van der Waals surface area contributed by atoms with E-state index in [1.165, 1.54) is 19.3 Å². The Labute approximate surface area is 121 Å². The number of aromatic nitrogens is 3. The Hall–Kier alpha value is -1.23. The first-order valence-corrected chi connectivity index (χ1v) is 7.70. The third kappa shape index (κ3) is 3.26. The predicted molar refractivity (Wildman–Crippen MR) is 78.5 cm³/mol. The number of Topliss-reactive ketones (excluding diaryl/α,β-unsaturated/α-hetero) is 1. The van der Waals surface area contributed by atoms with Crippen LogP contribution in [0.25, 0.3) is 0 Å². The minimum atomic E-state index is -0.399. The van der Waals surface area contributed by atoms with Crippen LogP contribution in [0.3, 0.4) is 0 Å². The molecule has 0 unspecified atom stereocenters. The minimum absolute atomic E-state index is 0.241. The van der Waals surface area contributed by atoms with Crippen molar-refractivity contribution in [1.29, 1.82) is 0 Å². The highest BCUT2D eigenvalue weighted by Crippen LogP contribution is 2.22. The largest absolute Gasteiger partial charge is 0.297 e. The average molecular weight is 278 g/mol. The Morgan fingerprint density at radius 1 is 1.30 bits per heavy atom. The summed E-state index contributed by atoms with van der Waals surface area (Å²) in [6, 6.07) is 0. The summed E-state index contributed by atoms with van der Waals surface area (Å²) in [5, 5.41) is 4.19. The summed E-state index contributed by atoms with van der Waals surface area (Å²) in [5.41, 5.74) is -0.399. The fraction of sp³-hybridized carbons (Fsp3) is 0.800. The van der Waals surface area contributed by atoms with Crippen molar-refractivity contribution in [3.8, 4) is 0 Å². The average Bonchev–Trinajstić information content (AvgIpc) is 2.87. The van der Waals surface area contributed by atoms with E-state index in [-0.39, 0.29) is 5.78 Å². The molecule has 112 valence electrons. The van der Waals surface area contributed by atoms with Crippen LogP contribution in [0.15, 0.2) is 6.33 Å². The van der Waals surface area contributed by atoms with Gasteiger partial charge < -0.3 is 0 Å². The van der Waals surface area contributed by atoms with Gasteiger partial charge in [-0.3, -0.25) is 9.69 Å². The Kier molecular flexibility index (Phi) is 4.91. The van der Waals surface area contributed by atoms with Crippen LogP contribution >= 0.6 is 0 Å². The van der Waals surface area contributed by atoms with E-state index in [0.717, 1.165) is 31.9 Å². The van der Waals surface area contributed by atoms with Gasteiger partial charge in [0, 0.05) is 6.54 Å². The van der Waals surface area contributed by atoms with Crippen LogP contribution in [0.2, 0.25) is 0 Å². The molecule has 20 heavy (non-hydrogen) atoms. The Morgan fingerprint density at radius 3 is 2.65 bits per heavy atom. The lowest BCUT2D eigenvalue weighted by Gasteiger charge is -2.39. The zero-order valence-electron chi connectivity index (χ0n) is 12.9. The van der Waals surface area contributed by atoms with Crippen molar-refractivity contribution in [2.24, 2.45) is 0 Å². The van der Waals surface area contributed by atoms with E-state index >= 15 is 0 Å². The first kappa shape index (κ1) is 15.2. The van der Waals surface area contributed by atoms with Crippen molar-refractivity contribution in [3.05, 3.63) is 12.2 Å². The molecule has 0 atom stereocenters. The maximum Gasteiger partial charge on any atom is 0.160 e. The molecule has 0 amide bonds. The van der Waals surface area contributed by atoms with Crippen molar-refractivity contribution in [1.82, 2.24) is 19.7 Å². The number of aryl methyl sites for hydroxylation is 1. The Bertz CT molecular complexity index is 446. The van der Waals surface area contributed by atoms with Gasteiger partial charge in [0.15, 0.2) is 5.78 Å². The lowest BCUT2D eigenvalue weighted by molar-refractivity contribution is -0.129. The van der Waals surface area contributed by atoms with E-state index in [1.807, 2.05) is 18.5 Å². The molecule has 0 bridgehead atoms. The second-order valence-electron chi connectivity index (χ2n) is 6.11. The number of carbonyl (C=O) groups excluding carboxylic acids is 1. The molecule has 2 heterocycles. The van der Waals surface area contributed by atoms with Crippen molar-refractivity contribution in [2.75, 3.05) is 13.1 Å². The minimum Gasteiger partial charge on any atom is -0.297 e. The second kappa shape index (κ2) is 6.48. The summed E-state index contributed by atoms with van der Waals surface area (Å²) in [6.45, 7) is 9.07. The molecule has 0 aliphatic carbocycles. The number of carbonyl (C=O) groups is 1. The summed E-state index contributed by atoms with van der Waals surface area (Å²) in [7, 11) is 0. The van der Waals surface area contributed by atoms with Crippen LogP contribution in [-0.4, -0.2) is 44.1 Å². The summed E-state index contributed by atoms with van der Waals surface area (Å²) >= 11 is 0. The lowest BCUT2D eigenvalue weighted by Crippen LogP contribution is -2.52. The van der Waals surface area contributed by atoms with E-state index in [1.54, 1.807) is 6.33 Å². The van der Waals surface area contributed by atoms with Gasteiger partial charge in [-0.2, -0.15) is 5.10 Å². The van der Waals surface area contributed by atoms with Gasteiger partial charge in [-0.25, -0.2) is 9.67 Å². The number of ketones is 1. The van der Waals surface area contributed by atoms with Gasteiger partial charge in [-0.05, 0) is 46.2 Å². The number of hydrogen-bond acceptors (Lipinski definition) is 4. The first-order valence-electron chi connectivity index (χ1n) is 7.70. The zero-order chi connectivity index (χ0) is 14.6. The predicted octanol–water partition coefficient (Wildman–Crippen LogP) is 2.06. The van der Waals surface area contributed by atoms with E-state index in [0.29, 0.717) is 6.42 Å². The number of hydrogen-bond donors (Lipinski definition) is 0. The van der Waals surface area contributed by atoms with Gasteiger partial charge in [0.25, 0.3) is 0 Å². The van der Waals surface area contributed by atoms with Crippen LogP contribution in [0.1, 0.15) is 52.3 Å². The molecular formula is C15H26N4O. The van der Waals surface area contributed by atoms with Gasteiger partial charge in [-0.15, -0.1) is 0 Å². The van der Waals surface area contributed by atoms with E-state index < -0.39 is 5.54 Å². The normalized spacial score (nSPS) is 17.4. The van der Waals surface area contributed by atoms with Crippen LogP contribution in [0, 0.1) is 0 Å². The smallest absolute Gasteiger partial charge is 0.160 e. The molecule has 0 N–H and O–H groups in total. The Balaban J connectivity index is 2.04. The molecular weight excluding hydrogens is 252 g/mol. The zero-order valence-corrected chi connectivity index (χ0v) is 12.9. The summed E-state index contributed by atoms with van der Waals surface area (Å²) in [6.07, 6.45) is 6.60. The fourth-order valence-electron chi connectivity index (χ4n) is 2.81. The van der Waals surface area contributed by atoms with Gasteiger partial charge in [-0.1, -0.05) is 13.3 Å². The van der Waals surface area contributed by atoms with Gasteiger partial charge in [0.05, 0.1) is 12.0 Å². The highest BCUT2D eigenvalue weighted by molar-refractivity contribution is 5.88. The first-order chi connectivity index (χ1) is 9.55. The maximum atomic E-state index is 12.7. The van der Waals surface area contributed by atoms with Crippen LogP contribution in [0.4, 0.5) is 0 Å². The molecule has 1 aliphatic rings. The van der Waals surface area contributed by atoms with Gasteiger partial charge >= 0.3 is 0 Å². The summed E-state index contributed by atoms with van der Waals surface area (Å²) in [4.78, 5) is 19.2. The number of rotatable bonds is 6. The molecule has 0 spiro atoms. The lowest BCUT2D eigenvalue weighted by atomic mass is 9.91. The third-order valence-corrected chi connectivity index (χ3v) is 4.28.